The zero-order valence-corrected chi connectivity index (χ0v) is 26.8. The molecular formula is C33H50N2O8S. The van der Waals surface area contributed by atoms with Crippen molar-refractivity contribution >= 4 is 16.0 Å². The molecule has 0 aromatic heterocycles. The summed E-state index contributed by atoms with van der Waals surface area (Å²) in [6.07, 6.45) is 10.2. The first-order chi connectivity index (χ1) is 21.2. The van der Waals surface area contributed by atoms with Crippen molar-refractivity contribution in [1.82, 2.24) is 9.79 Å². The molecule has 1 fully saturated rings. The number of benzene rings is 2. The van der Waals surface area contributed by atoms with Crippen LogP contribution in [0.2, 0.25) is 0 Å². The number of phenols is 1. The fourth-order valence-electron chi connectivity index (χ4n) is 5.44. The molecule has 0 aliphatic heterocycles. The zero-order chi connectivity index (χ0) is 31.8. The van der Waals surface area contributed by atoms with Crippen LogP contribution in [0.4, 0.5) is 0 Å². The molecule has 1 unspecified atom stereocenters. The average molecular weight is 635 g/mol. The van der Waals surface area contributed by atoms with Gasteiger partial charge in [-0.05, 0) is 91.4 Å². The Labute approximate surface area is 262 Å². The molecule has 44 heavy (non-hydrogen) atoms. The summed E-state index contributed by atoms with van der Waals surface area (Å²) in [5.74, 6) is -0.609. The second-order valence-electron chi connectivity index (χ2n) is 11.5. The number of nitrogens with zero attached hydrogens (tertiary/aromatic N) is 1. The minimum Gasteiger partial charge on any atom is -0.508 e. The Hall–Kier alpha value is -2.54. The van der Waals surface area contributed by atoms with E-state index in [9.17, 15) is 28.5 Å². The van der Waals surface area contributed by atoms with Crippen LogP contribution in [0.25, 0.3) is 0 Å². The molecule has 0 bridgehead atoms. The summed E-state index contributed by atoms with van der Waals surface area (Å²) >= 11 is 0. The number of nitrogens with one attached hydrogen (secondary N) is 1. The van der Waals surface area contributed by atoms with Gasteiger partial charge in [0.1, 0.15) is 5.75 Å². The fourth-order valence-corrected chi connectivity index (χ4v) is 7.01. The van der Waals surface area contributed by atoms with Gasteiger partial charge in [-0.15, -0.1) is 0 Å². The van der Waals surface area contributed by atoms with Gasteiger partial charge in [-0.3, -0.25) is 4.79 Å². The number of aliphatic hydroxyl groups excluding tert-OH is 2. The van der Waals surface area contributed by atoms with Crippen LogP contribution in [0.3, 0.4) is 0 Å². The molecule has 0 radical (unpaired) electrons. The number of carbonyl (C=O) groups is 1. The number of aromatic hydroxyl groups is 1. The Morgan fingerprint density at radius 3 is 2.45 bits per heavy atom. The quantitative estimate of drug-likeness (QED) is 0.118. The van der Waals surface area contributed by atoms with Crippen molar-refractivity contribution in [2.75, 3.05) is 26.3 Å². The Balaban J connectivity index is 1.26. The van der Waals surface area contributed by atoms with E-state index in [1.54, 1.807) is 30.3 Å². The standard InChI is InChI=1S/C33H50N2O8S/c1-26(37)43-35(30-14-5-4-6-15-30)44(40,41)31-16-11-13-27(22-31)12-7-10-21-42-20-9-3-2-8-19-34-24-33(39)28-17-18-32(38)29(23-28)25-36/h11,13,16-18,22-23,30,33-34,36,38-39H,2-10,12,14-15,19-21,24-25H2,1H3. The Bertz CT molecular complexity index is 1250. The lowest BCUT2D eigenvalue weighted by molar-refractivity contribution is -0.174. The average Bonchev–Trinajstić information content (AvgIpc) is 3.02. The van der Waals surface area contributed by atoms with Crippen LogP contribution in [-0.4, -0.2) is 66.5 Å². The Morgan fingerprint density at radius 1 is 1.00 bits per heavy atom. The lowest BCUT2D eigenvalue weighted by atomic mass is 9.96. The van der Waals surface area contributed by atoms with Crippen LogP contribution in [0.5, 0.6) is 5.75 Å². The third-order valence-electron chi connectivity index (χ3n) is 7.92. The van der Waals surface area contributed by atoms with E-state index in [0.29, 0.717) is 43.7 Å². The number of ether oxygens (including phenoxy) is 1. The van der Waals surface area contributed by atoms with E-state index in [0.717, 1.165) is 80.8 Å². The van der Waals surface area contributed by atoms with Crippen LogP contribution in [0.1, 0.15) is 100 Å². The maximum Gasteiger partial charge on any atom is 0.323 e. The van der Waals surface area contributed by atoms with E-state index in [2.05, 4.69) is 5.32 Å². The highest BCUT2D eigenvalue weighted by Crippen LogP contribution is 2.29. The van der Waals surface area contributed by atoms with Crippen molar-refractivity contribution in [3.63, 3.8) is 0 Å². The first kappa shape index (κ1) is 35.9. The van der Waals surface area contributed by atoms with Gasteiger partial charge in [0.25, 0.3) is 10.0 Å². The smallest absolute Gasteiger partial charge is 0.323 e. The second-order valence-corrected chi connectivity index (χ2v) is 13.3. The van der Waals surface area contributed by atoms with Crippen LogP contribution in [-0.2, 0) is 37.4 Å². The minimum atomic E-state index is -3.96. The molecule has 0 spiro atoms. The first-order valence-corrected chi connectivity index (χ1v) is 17.4. The molecule has 1 atom stereocenters. The van der Waals surface area contributed by atoms with Gasteiger partial charge in [-0.2, -0.15) is 0 Å². The summed E-state index contributed by atoms with van der Waals surface area (Å²) in [5, 5.41) is 32.5. The third-order valence-corrected chi connectivity index (χ3v) is 9.61. The van der Waals surface area contributed by atoms with E-state index in [4.69, 9.17) is 9.57 Å². The Kier molecular flexibility index (Phi) is 15.6. The summed E-state index contributed by atoms with van der Waals surface area (Å²) in [4.78, 5) is 17.1. The molecule has 1 saturated carbocycles. The van der Waals surface area contributed by atoms with Crippen LogP contribution >= 0.6 is 0 Å². The maximum atomic E-state index is 13.4. The van der Waals surface area contributed by atoms with Gasteiger partial charge >= 0.3 is 5.97 Å². The van der Waals surface area contributed by atoms with Gasteiger partial charge in [0.15, 0.2) is 0 Å². The minimum absolute atomic E-state index is 0.0251. The predicted molar refractivity (Wildman–Crippen MR) is 168 cm³/mol. The molecular weight excluding hydrogens is 584 g/mol. The van der Waals surface area contributed by atoms with Gasteiger partial charge < -0.3 is 30.2 Å². The highest BCUT2D eigenvalue weighted by Gasteiger charge is 2.35. The number of carbonyl (C=O) groups excluding carboxylic acids is 1. The van der Waals surface area contributed by atoms with E-state index in [-0.39, 0.29) is 23.3 Å². The van der Waals surface area contributed by atoms with Gasteiger partial charge in [0.05, 0.1) is 23.6 Å². The summed E-state index contributed by atoms with van der Waals surface area (Å²) in [7, 11) is -3.96. The highest BCUT2D eigenvalue weighted by atomic mass is 32.2. The first-order valence-electron chi connectivity index (χ1n) is 15.9. The highest BCUT2D eigenvalue weighted by molar-refractivity contribution is 7.89. The summed E-state index contributed by atoms with van der Waals surface area (Å²) in [6.45, 7) is 3.54. The van der Waals surface area contributed by atoms with E-state index < -0.39 is 22.1 Å². The summed E-state index contributed by atoms with van der Waals surface area (Å²) in [6, 6.07) is 11.4. The number of sulfonamides is 1. The van der Waals surface area contributed by atoms with Crippen molar-refractivity contribution in [3.8, 4) is 5.75 Å². The van der Waals surface area contributed by atoms with Crippen molar-refractivity contribution in [3.05, 3.63) is 59.2 Å². The molecule has 4 N–H and O–H groups in total. The molecule has 1 aliphatic rings. The number of hydrogen-bond acceptors (Lipinski definition) is 9. The van der Waals surface area contributed by atoms with Gasteiger partial charge in [0.2, 0.25) is 0 Å². The molecule has 1 aliphatic carbocycles. The predicted octanol–water partition coefficient (Wildman–Crippen LogP) is 4.91. The number of rotatable bonds is 20. The second kappa shape index (κ2) is 19.1. The molecule has 0 saturated heterocycles. The molecule has 3 rings (SSSR count). The summed E-state index contributed by atoms with van der Waals surface area (Å²) in [5.41, 5.74) is 1.99. The molecule has 2 aromatic carbocycles. The molecule has 0 amide bonds. The normalized spacial score (nSPS) is 15.0. The lowest BCUT2D eigenvalue weighted by Gasteiger charge is -2.31. The van der Waals surface area contributed by atoms with E-state index >= 15 is 0 Å². The van der Waals surface area contributed by atoms with E-state index in [1.807, 2.05) is 6.07 Å². The number of aryl methyl sites for hydroxylation is 1. The molecule has 11 heteroatoms. The van der Waals surface area contributed by atoms with Gasteiger partial charge in [0, 0.05) is 32.2 Å². The molecule has 0 heterocycles. The number of hydrogen-bond donors (Lipinski definition) is 4. The van der Waals surface area contributed by atoms with Crippen LogP contribution in [0, 0.1) is 0 Å². The number of unbranched alkanes of at least 4 members (excludes halogenated alkanes) is 4. The van der Waals surface area contributed by atoms with Gasteiger partial charge in [-0.25, -0.2) is 8.42 Å². The lowest BCUT2D eigenvalue weighted by Crippen LogP contribution is -2.42. The zero-order valence-electron chi connectivity index (χ0n) is 26.0. The Morgan fingerprint density at radius 2 is 1.73 bits per heavy atom. The number of aliphatic hydroxyl groups is 2. The number of hydroxylamine groups is 1. The van der Waals surface area contributed by atoms with Crippen LogP contribution < -0.4 is 5.32 Å². The van der Waals surface area contributed by atoms with Crippen molar-refractivity contribution in [2.45, 2.75) is 108 Å². The largest absolute Gasteiger partial charge is 0.508 e. The van der Waals surface area contributed by atoms with Gasteiger partial charge in [-0.1, -0.05) is 50.3 Å². The maximum absolute atomic E-state index is 13.4. The van der Waals surface area contributed by atoms with Crippen molar-refractivity contribution in [2.24, 2.45) is 0 Å². The third kappa shape index (κ3) is 11.8. The monoisotopic (exact) mass is 634 g/mol. The van der Waals surface area contributed by atoms with Crippen molar-refractivity contribution < 1.29 is 38.1 Å². The molecule has 2 aromatic rings. The van der Waals surface area contributed by atoms with Crippen molar-refractivity contribution in [1.29, 1.82) is 0 Å². The van der Waals surface area contributed by atoms with Crippen LogP contribution in [0.15, 0.2) is 47.4 Å². The molecule has 246 valence electrons. The van der Waals surface area contributed by atoms with E-state index in [1.165, 1.54) is 13.0 Å². The fraction of sp³-hybridized carbons (Fsp3) is 0.606. The summed E-state index contributed by atoms with van der Waals surface area (Å²) < 4.78 is 33.5. The SMILES string of the molecule is CC(=O)ON(C1CCCCC1)S(=O)(=O)c1cccc(CCCCOCCCCCCNCC(O)c2ccc(O)c(CO)c2)c1. The topological polar surface area (TPSA) is 146 Å². The molecule has 10 nitrogen and oxygen atoms in total.